The summed E-state index contributed by atoms with van der Waals surface area (Å²) in [6.07, 6.45) is 0. The third-order valence-electron chi connectivity index (χ3n) is 2.90. The molecule has 0 atom stereocenters. The molecule has 1 heterocycles. The zero-order valence-electron chi connectivity index (χ0n) is 10.9. The quantitative estimate of drug-likeness (QED) is 0.808. The third kappa shape index (κ3) is 2.78. The molecule has 21 heavy (non-hydrogen) atoms. The van der Waals surface area contributed by atoms with Crippen molar-refractivity contribution in [2.24, 2.45) is 0 Å². The minimum atomic E-state index is -0.283. The average molecular weight is 299 g/mol. The van der Waals surface area contributed by atoms with E-state index in [1.807, 2.05) is 36.4 Å². The van der Waals surface area contributed by atoms with Crippen molar-refractivity contribution in [1.82, 2.24) is 14.9 Å². The Hall–Kier alpha value is -2.66. The lowest BCUT2D eigenvalue weighted by atomic mass is 10.2. The van der Waals surface area contributed by atoms with Crippen molar-refractivity contribution in [3.05, 3.63) is 71.5 Å². The van der Waals surface area contributed by atoms with E-state index >= 15 is 0 Å². The number of halogens is 1. The van der Waals surface area contributed by atoms with Gasteiger partial charge < -0.3 is 0 Å². The molecule has 2 aromatic carbocycles. The van der Waals surface area contributed by atoms with Crippen LogP contribution in [0.2, 0.25) is 5.28 Å². The number of aromatic nitrogens is 3. The first-order chi connectivity index (χ1) is 10.3. The zero-order chi connectivity index (χ0) is 14.7. The number of hydrogen-bond acceptors (Lipinski definition) is 3. The van der Waals surface area contributed by atoms with Gasteiger partial charge in [-0.1, -0.05) is 48.5 Å². The second-order valence-corrected chi connectivity index (χ2v) is 4.64. The number of nitrogens with zero attached hydrogens (tertiary/aromatic N) is 3. The van der Waals surface area contributed by atoms with E-state index in [-0.39, 0.29) is 11.2 Å². The van der Waals surface area contributed by atoms with Gasteiger partial charge in [0.2, 0.25) is 5.28 Å². The predicted octanol–water partition coefficient (Wildman–Crippen LogP) is 2.98. The van der Waals surface area contributed by atoms with Crippen LogP contribution in [0.15, 0.2) is 60.7 Å². The maximum atomic E-state index is 12.2. The summed E-state index contributed by atoms with van der Waals surface area (Å²) in [5.41, 5.74) is 4.03. The van der Waals surface area contributed by atoms with E-state index in [1.165, 1.54) is 4.68 Å². The fourth-order valence-corrected chi connectivity index (χ4v) is 2.05. The Morgan fingerprint density at radius 1 is 0.952 bits per heavy atom. The first-order valence-electron chi connectivity index (χ1n) is 6.28. The number of rotatable bonds is 3. The Morgan fingerprint density at radius 2 is 1.57 bits per heavy atom. The van der Waals surface area contributed by atoms with Gasteiger partial charge in [0.05, 0.1) is 0 Å². The summed E-state index contributed by atoms with van der Waals surface area (Å²) in [6, 6.07) is 18.2. The molecule has 0 saturated heterocycles. The Morgan fingerprint density at radius 3 is 2.24 bits per heavy atom. The van der Waals surface area contributed by atoms with Crippen LogP contribution >= 0.6 is 11.6 Å². The van der Waals surface area contributed by atoms with Crippen LogP contribution in [0.4, 0.5) is 0 Å². The SMILES string of the molecule is O=C(Nn1c(Cl)nnc1-c1ccccc1)c1ccccc1. The van der Waals surface area contributed by atoms with Crippen molar-refractivity contribution in [2.75, 3.05) is 5.43 Å². The summed E-state index contributed by atoms with van der Waals surface area (Å²) in [4.78, 5) is 12.2. The standard InChI is InChI=1S/C15H11ClN4O/c16-15-18-17-13(11-7-3-1-4-8-11)20(15)19-14(21)12-9-5-2-6-10-12/h1-10H,(H,19,21). The van der Waals surface area contributed by atoms with Crippen LogP contribution < -0.4 is 5.43 Å². The van der Waals surface area contributed by atoms with Crippen LogP contribution in [-0.4, -0.2) is 20.8 Å². The molecule has 3 aromatic rings. The normalized spacial score (nSPS) is 10.3. The van der Waals surface area contributed by atoms with Crippen molar-refractivity contribution < 1.29 is 4.79 Å². The lowest BCUT2D eigenvalue weighted by molar-refractivity contribution is 0.101. The molecule has 3 rings (SSSR count). The van der Waals surface area contributed by atoms with Gasteiger partial charge in [0.25, 0.3) is 5.91 Å². The van der Waals surface area contributed by atoms with E-state index in [9.17, 15) is 4.79 Å². The highest BCUT2D eigenvalue weighted by atomic mass is 35.5. The van der Waals surface area contributed by atoms with Gasteiger partial charge in [-0.3, -0.25) is 10.2 Å². The first kappa shape index (κ1) is 13.3. The Balaban J connectivity index is 1.93. The number of nitrogens with one attached hydrogen (secondary N) is 1. The minimum absolute atomic E-state index is 0.0955. The highest BCUT2D eigenvalue weighted by Crippen LogP contribution is 2.19. The lowest BCUT2D eigenvalue weighted by Gasteiger charge is -2.09. The van der Waals surface area contributed by atoms with Gasteiger partial charge in [-0.25, -0.2) is 4.68 Å². The van der Waals surface area contributed by atoms with Crippen LogP contribution in [0.5, 0.6) is 0 Å². The first-order valence-corrected chi connectivity index (χ1v) is 6.66. The van der Waals surface area contributed by atoms with Gasteiger partial charge in [-0.2, -0.15) is 0 Å². The Labute approximate surface area is 126 Å². The predicted molar refractivity (Wildman–Crippen MR) is 80.6 cm³/mol. The largest absolute Gasteiger partial charge is 0.270 e. The van der Waals surface area contributed by atoms with E-state index < -0.39 is 0 Å². The van der Waals surface area contributed by atoms with Gasteiger partial charge in [0, 0.05) is 11.1 Å². The van der Waals surface area contributed by atoms with Crippen molar-refractivity contribution in [3.63, 3.8) is 0 Å². The molecule has 0 fully saturated rings. The Bertz CT molecular complexity index is 756. The molecule has 0 aliphatic heterocycles. The van der Waals surface area contributed by atoms with Crippen LogP contribution in [-0.2, 0) is 0 Å². The molecule has 0 unspecified atom stereocenters. The smallest absolute Gasteiger partial charge is 0.267 e. The number of benzene rings is 2. The van der Waals surface area contributed by atoms with Gasteiger partial charge >= 0.3 is 0 Å². The summed E-state index contributed by atoms with van der Waals surface area (Å²) in [6.45, 7) is 0. The maximum Gasteiger partial charge on any atom is 0.270 e. The van der Waals surface area contributed by atoms with Crippen LogP contribution in [0.1, 0.15) is 10.4 Å². The minimum Gasteiger partial charge on any atom is -0.267 e. The maximum absolute atomic E-state index is 12.2. The van der Waals surface area contributed by atoms with E-state index in [0.717, 1.165) is 5.56 Å². The summed E-state index contributed by atoms with van der Waals surface area (Å²) in [5.74, 6) is 0.194. The molecule has 0 radical (unpaired) electrons. The second kappa shape index (κ2) is 5.76. The van der Waals surface area contributed by atoms with E-state index in [1.54, 1.807) is 24.3 Å². The van der Waals surface area contributed by atoms with E-state index in [4.69, 9.17) is 11.6 Å². The molecule has 0 aliphatic rings. The molecular weight excluding hydrogens is 288 g/mol. The van der Waals surface area contributed by atoms with Crippen LogP contribution in [0.25, 0.3) is 11.4 Å². The molecule has 6 heteroatoms. The zero-order valence-corrected chi connectivity index (χ0v) is 11.7. The average Bonchev–Trinajstić information content (AvgIpc) is 2.90. The van der Waals surface area contributed by atoms with Gasteiger partial charge in [0.15, 0.2) is 5.82 Å². The molecule has 5 nitrogen and oxygen atoms in total. The molecule has 0 bridgehead atoms. The highest BCUT2D eigenvalue weighted by Gasteiger charge is 2.15. The Kier molecular flexibility index (Phi) is 3.66. The summed E-state index contributed by atoms with van der Waals surface area (Å²) >= 11 is 6.00. The number of carbonyl (C=O) groups is 1. The van der Waals surface area contributed by atoms with Gasteiger partial charge in [-0.05, 0) is 23.7 Å². The van der Waals surface area contributed by atoms with Crippen LogP contribution in [0.3, 0.4) is 0 Å². The van der Waals surface area contributed by atoms with Crippen molar-refractivity contribution >= 4 is 17.5 Å². The fourth-order valence-electron chi connectivity index (χ4n) is 1.89. The van der Waals surface area contributed by atoms with E-state index in [0.29, 0.717) is 11.4 Å². The monoisotopic (exact) mass is 298 g/mol. The number of hydrogen-bond donors (Lipinski definition) is 1. The molecular formula is C15H11ClN4O. The summed E-state index contributed by atoms with van der Waals surface area (Å²) < 4.78 is 1.37. The lowest BCUT2D eigenvalue weighted by Crippen LogP contribution is -2.23. The van der Waals surface area contributed by atoms with Gasteiger partial charge in [0.1, 0.15) is 0 Å². The molecule has 1 N–H and O–H groups in total. The fraction of sp³-hybridized carbons (Fsp3) is 0. The number of carbonyl (C=O) groups excluding carboxylic acids is 1. The summed E-state index contributed by atoms with van der Waals surface area (Å²) in [7, 11) is 0. The summed E-state index contributed by atoms with van der Waals surface area (Å²) in [5, 5.41) is 7.90. The number of amides is 1. The molecule has 1 amide bonds. The van der Waals surface area contributed by atoms with E-state index in [2.05, 4.69) is 15.6 Å². The third-order valence-corrected chi connectivity index (χ3v) is 3.15. The molecule has 0 saturated carbocycles. The molecule has 0 aliphatic carbocycles. The molecule has 1 aromatic heterocycles. The van der Waals surface area contributed by atoms with Gasteiger partial charge in [-0.15, -0.1) is 10.2 Å². The highest BCUT2D eigenvalue weighted by molar-refractivity contribution is 6.28. The van der Waals surface area contributed by atoms with Crippen molar-refractivity contribution in [1.29, 1.82) is 0 Å². The molecule has 104 valence electrons. The van der Waals surface area contributed by atoms with Crippen molar-refractivity contribution in [3.8, 4) is 11.4 Å². The van der Waals surface area contributed by atoms with Crippen LogP contribution in [0, 0.1) is 0 Å². The second-order valence-electron chi connectivity index (χ2n) is 4.30. The molecule has 0 spiro atoms. The topological polar surface area (TPSA) is 59.8 Å². The van der Waals surface area contributed by atoms with Crippen molar-refractivity contribution in [2.45, 2.75) is 0 Å².